The number of halogens is 2. The number of carbonyl (C=O) groups is 1. The summed E-state index contributed by atoms with van der Waals surface area (Å²) >= 11 is 1.54. The number of carbonyl (C=O) groups excluding carboxylic acids is 1. The molecule has 0 aliphatic heterocycles. The molecule has 1 unspecified atom stereocenters. The molecule has 1 aromatic carbocycles. The van der Waals surface area contributed by atoms with Crippen molar-refractivity contribution in [3.8, 4) is 10.6 Å². The molecule has 1 aliphatic rings. The van der Waals surface area contributed by atoms with Gasteiger partial charge in [-0.15, -0.1) is 23.7 Å². The molecule has 3 rings (SSSR count). The van der Waals surface area contributed by atoms with E-state index in [-0.39, 0.29) is 36.2 Å². The van der Waals surface area contributed by atoms with Gasteiger partial charge < -0.3 is 11.1 Å². The van der Waals surface area contributed by atoms with Crippen molar-refractivity contribution in [2.24, 2.45) is 11.7 Å². The number of aromatic nitrogens is 1. The lowest BCUT2D eigenvalue weighted by Gasteiger charge is -2.17. The molecule has 1 saturated carbocycles. The van der Waals surface area contributed by atoms with Crippen LogP contribution in [0.2, 0.25) is 0 Å². The number of nitrogens with one attached hydrogen (secondary N) is 1. The Labute approximate surface area is 163 Å². The van der Waals surface area contributed by atoms with Crippen molar-refractivity contribution in [3.63, 3.8) is 0 Å². The van der Waals surface area contributed by atoms with Crippen molar-refractivity contribution >= 4 is 29.7 Å². The van der Waals surface area contributed by atoms with E-state index >= 15 is 0 Å². The fourth-order valence-corrected chi connectivity index (χ4v) is 4.52. The number of amides is 1. The van der Waals surface area contributed by atoms with Gasteiger partial charge in [-0.1, -0.05) is 6.42 Å². The number of nitrogens with zero attached hydrogens (tertiary/aromatic N) is 1. The summed E-state index contributed by atoms with van der Waals surface area (Å²) in [6.07, 6.45) is 3.66. The zero-order valence-electron chi connectivity index (χ0n) is 15.0. The van der Waals surface area contributed by atoms with Gasteiger partial charge in [-0.3, -0.25) is 4.79 Å². The molecule has 0 bridgehead atoms. The molecule has 7 heteroatoms. The second-order valence-corrected chi connectivity index (χ2v) is 7.85. The highest BCUT2D eigenvalue weighted by Crippen LogP contribution is 2.32. The van der Waals surface area contributed by atoms with Crippen molar-refractivity contribution in [1.82, 2.24) is 10.3 Å². The maximum Gasteiger partial charge on any atom is 0.220 e. The fourth-order valence-electron chi connectivity index (χ4n) is 3.45. The van der Waals surface area contributed by atoms with Gasteiger partial charge in [0.1, 0.15) is 10.8 Å². The Morgan fingerprint density at radius 1 is 1.38 bits per heavy atom. The van der Waals surface area contributed by atoms with Crippen molar-refractivity contribution in [2.75, 3.05) is 0 Å². The molecule has 0 spiro atoms. The zero-order valence-corrected chi connectivity index (χ0v) is 16.6. The average Bonchev–Trinajstić information content (AvgIpc) is 3.14. The van der Waals surface area contributed by atoms with E-state index < -0.39 is 0 Å². The first-order chi connectivity index (χ1) is 11.9. The van der Waals surface area contributed by atoms with Crippen LogP contribution in [-0.4, -0.2) is 16.9 Å². The SMILES string of the molecule is Cc1nc(-c2ccc(F)cc2)sc1C(C)NC(=O)C[C@@H]1CCC[C@H]1N.Cl. The van der Waals surface area contributed by atoms with Gasteiger partial charge in [0.2, 0.25) is 5.91 Å². The third kappa shape index (κ3) is 4.81. The minimum absolute atomic E-state index is 0. The van der Waals surface area contributed by atoms with Crippen LogP contribution in [-0.2, 0) is 4.79 Å². The number of thiazole rings is 1. The fraction of sp³-hybridized carbons (Fsp3) is 0.474. The van der Waals surface area contributed by atoms with Crippen molar-refractivity contribution in [1.29, 1.82) is 0 Å². The maximum atomic E-state index is 13.1. The van der Waals surface area contributed by atoms with Crippen molar-refractivity contribution in [2.45, 2.75) is 51.6 Å². The quantitative estimate of drug-likeness (QED) is 0.786. The topological polar surface area (TPSA) is 68.0 Å². The largest absolute Gasteiger partial charge is 0.349 e. The van der Waals surface area contributed by atoms with E-state index in [1.165, 1.54) is 23.5 Å². The summed E-state index contributed by atoms with van der Waals surface area (Å²) in [5.41, 5.74) is 7.84. The number of benzene rings is 1. The van der Waals surface area contributed by atoms with Gasteiger partial charge >= 0.3 is 0 Å². The monoisotopic (exact) mass is 397 g/mol. The van der Waals surface area contributed by atoms with Gasteiger partial charge in [-0.2, -0.15) is 0 Å². The third-order valence-corrected chi connectivity index (χ3v) is 6.25. The standard InChI is InChI=1S/C19H24FN3OS.ClH/c1-11(22-17(24)10-14-4-3-5-16(14)21)18-12(2)23-19(25-18)13-6-8-15(20)9-7-13;/h6-9,11,14,16H,3-5,10,21H2,1-2H3,(H,22,24);1H/t11?,14-,16+;/m0./s1. The summed E-state index contributed by atoms with van der Waals surface area (Å²) in [5.74, 6) is 0.0820. The first kappa shape index (κ1) is 20.8. The number of nitrogens with two attached hydrogens (primary N) is 1. The molecule has 0 radical (unpaired) electrons. The van der Waals surface area contributed by atoms with Gasteiger partial charge in [-0.25, -0.2) is 9.37 Å². The Balaban J connectivity index is 0.00000243. The lowest BCUT2D eigenvalue weighted by molar-refractivity contribution is -0.122. The lowest BCUT2D eigenvalue weighted by atomic mass is 9.99. The minimum Gasteiger partial charge on any atom is -0.349 e. The molecule has 4 nitrogen and oxygen atoms in total. The highest BCUT2D eigenvalue weighted by molar-refractivity contribution is 7.15. The predicted molar refractivity (Wildman–Crippen MR) is 106 cm³/mol. The Hall–Kier alpha value is -1.50. The third-order valence-electron chi connectivity index (χ3n) is 4.86. The molecule has 0 saturated heterocycles. The molecule has 26 heavy (non-hydrogen) atoms. The molecule has 1 heterocycles. The van der Waals surface area contributed by atoms with E-state index in [4.69, 9.17) is 5.73 Å². The van der Waals surface area contributed by atoms with Gasteiger partial charge in [0.05, 0.1) is 16.6 Å². The Morgan fingerprint density at radius 3 is 2.69 bits per heavy atom. The average molecular weight is 398 g/mol. The molecule has 3 atom stereocenters. The van der Waals surface area contributed by atoms with Crippen molar-refractivity contribution < 1.29 is 9.18 Å². The molecule has 3 N–H and O–H groups in total. The molecule has 142 valence electrons. The summed E-state index contributed by atoms with van der Waals surface area (Å²) in [6.45, 7) is 3.91. The van der Waals surface area contributed by atoms with Gasteiger partial charge in [0.15, 0.2) is 0 Å². The van der Waals surface area contributed by atoms with E-state index in [0.29, 0.717) is 12.3 Å². The van der Waals surface area contributed by atoms with Crippen LogP contribution in [0.4, 0.5) is 4.39 Å². The lowest BCUT2D eigenvalue weighted by Crippen LogP contribution is -2.32. The van der Waals surface area contributed by atoms with Crippen LogP contribution in [0.3, 0.4) is 0 Å². The first-order valence-electron chi connectivity index (χ1n) is 8.72. The number of hydrogen-bond donors (Lipinski definition) is 2. The summed E-state index contributed by atoms with van der Waals surface area (Å²) in [6, 6.07) is 6.36. The number of rotatable bonds is 5. The van der Waals surface area contributed by atoms with Crippen LogP contribution in [0, 0.1) is 18.7 Å². The van der Waals surface area contributed by atoms with Crippen LogP contribution in [0.5, 0.6) is 0 Å². The van der Waals surface area contributed by atoms with Gasteiger partial charge in [-0.05, 0) is 56.9 Å². The van der Waals surface area contributed by atoms with Crippen LogP contribution in [0.25, 0.3) is 10.6 Å². The molecule has 2 aromatic rings. The normalized spacial score (nSPS) is 20.5. The van der Waals surface area contributed by atoms with Crippen LogP contribution in [0.15, 0.2) is 24.3 Å². The van der Waals surface area contributed by atoms with E-state index in [0.717, 1.165) is 40.4 Å². The maximum absolute atomic E-state index is 13.1. The number of aryl methyl sites for hydroxylation is 1. The van der Waals surface area contributed by atoms with Crippen molar-refractivity contribution in [3.05, 3.63) is 40.7 Å². The Kier molecular flexibility index (Phi) is 7.15. The van der Waals surface area contributed by atoms with Gasteiger partial charge in [0, 0.05) is 18.0 Å². The first-order valence-corrected chi connectivity index (χ1v) is 9.54. The van der Waals surface area contributed by atoms with E-state index in [2.05, 4.69) is 10.3 Å². The molecular weight excluding hydrogens is 373 g/mol. The molecule has 1 aromatic heterocycles. The second kappa shape index (κ2) is 8.93. The zero-order chi connectivity index (χ0) is 18.0. The van der Waals surface area contributed by atoms with E-state index in [1.807, 2.05) is 13.8 Å². The van der Waals surface area contributed by atoms with Gasteiger partial charge in [0.25, 0.3) is 0 Å². The Morgan fingerprint density at radius 2 is 2.08 bits per heavy atom. The summed E-state index contributed by atoms with van der Waals surface area (Å²) in [4.78, 5) is 17.9. The number of hydrogen-bond acceptors (Lipinski definition) is 4. The molecule has 1 aliphatic carbocycles. The van der Waals surface area contributed by atoms with Crippen LogP contribution >= 0.6 is 23.7 Å². The highest BCUT2D eigenvalue weighted by Gasteiger charge is 2.27. The van der Waals surface area contributed by atoms with Crippen LogP contribution in [0.1, 0.15) is 49.2 Å². The minimum atomic E-state index is -0.261. The molecule has 1 fully saturated rings. The molecular formula is C19H25ClFN3OS. The smallest absolute Gasteiger partial charge is 0.220 e. The van der Waals surface area contributed by atoms with E-state index in [1.54, 1.807) is 12.1 Å². The highest BCUT2D eigenvalue weighted by atomic mass is 35.5. The Bertz CT molecular complexity index is 750. The second-order valence-electron chi connectivity index (χ2n) is 6.82. The van der Waals surface area contributed by atoms with Crippen LogP contribution < -0.4 is 11.1 Å². The summed E-state index contributed by atoms with van der Waals surface area (Å²) in [7, 11) is 0. The summed E-state index contributed by atoms with van der Waals surface area (Å²) < 4.78 is 13.1. The molecule has 1 amide bonds. The summed E-state index contributed by atoms with van der Waals surface area (Å²) in [5, 5.41) is 3.91. The van der Waals surface area contributed by atoms with E-state index in [9.17, 15) is 9.18 Å². The predicted octanol–water partition coefficient (Wildman–Crippen LogP) is 4.37.